The van der Waals surface area contributed by atoms with E-state index in [0.29, 0.717) is 22.1 Å². The molecule has 0 aromatic heterocycles. The second-order valence-electron chi connectivity index (χ2n) is 8.67. The summed E-state index contributed by atoms with van der Waals surface area (Å²) in [5.74, 6) is 0.0995. The molecule has 0 heterocycles. The second-order valence-corrected chi connectivity index (χ2v) is 10.2. The van der Waals surface area contributed by atoms with Crippen LogP contribution in [-0.2, 0) is 11.0 Å². The minimum Gasteiger partial charge on any atom is -0.482 e. The molecule has 8 heteroatoms. The Hall–Kier alpha value is -3.68. The minimum absolute atomic E-state index is 0.135. The Kier molecular flexibility index (Phi) is 9.04. The van der Waals surface area contributed by atoms with Crippen molar-refractivity contribution >= 4 is 34.9 Å². The molecule has 0 atom stereocenters. The third-order valence-corrected chi connectivity index (χ3v) is 7.10. The summed E-state index contributed by atoms with van der Waals surface area (Å²) in [5.41, 5.74) is 3.49. The third-order valence-electron chi connectivity index (χ3n) is 5.93. The van der Waals surface area contributed by atoms with E-state index >= 15 is 0 Å². The summed E-state index contributed by atoms with van der Waals surface area (Å²) in [6.07, 6.45) is -2.38. The van der Waals surface area contributed by atoms with Crippen LogP contribution in [0.3, 0.4) is 0 Å². The van der Waals surface area contributed by atoms with E-state index in [-0.39, 0.29) is 5.56 Å². The number of aliphatic carboxylic acids is 1. The molecule has 1 N–H and O–H groups in total. The Morgan fingerprint density at radius 1 is 0.949 bits per heavy atom. The number of thioether (sulfide) groups is 1. The van der Waals surface area contributed by atoms with Gasteiger partial charge >= 0.3 is 12.1 Å². The Morgan fingerprint density at radius 2 is 1.59 bits per heavy atom. The number of halogens is 4. The molecule has 0 aliphatic rings. The highest BCUT2D eigenvalue weighted by molar-refractivity contribution is 7.99. The van der Waals surface area contributed by atoms with Gasteiger partial charge in [0.2, 0.25) is 0 Å². The van der Waals surface area contributed by atoms with Crippen LogP contribution in [0.4, 0.5) is 13.2 Å². The molecule has 0 amide bonds. The van der Waals surface area contributed by atoms with Crippen LogP contribution in [0.5, 0.6) is 5.75 Å². The third kappa shape index (κ3) is 7.46. The maximum absolute atomic E-state index is 13.5. The number of carboxylic acid groups (broad SMARTS) is 1. The van der Waals surface area contributed by atoms with Gasteiger partial charge in [0.25, 0.3) is 0 Å². The molecular formula is C31H24ClF3O3S. The quantitative estimate of drug-likeness (QED) is 0.205. The van der Waals surface area contributed by atoms with Gasteiger partial charge in [0.05, 0.1) is 5.56 Å². The van der Waals surface area contributed by atoms with Gasteiger partial charge in [-0.1, -0.05) is 72.3 Å². The van der Waals surface area contributed by atoms with E-state index < -0.39 is 24.3 Å². The van der Waals surface area contributed by atoms with E-state index in [1.165, 1.54) is 12.1 Å². The highest BCUT2D eigenvalue weighted by Gasteiger charge is 2.33. The van der Waals surface area contributed by atoms with Gasteiger partial charge in [-0.3, -0.25) is 0 Å². The number of hydrogen-bond acceptors (Lipinski definition) is 3. The molecule has 4 rings (SSSR count). The molecule has 3 nitrogen and oxygen atoms in total. The molecule has 0 unspecified atom stereocenters. The summed E-state index contributed by atoms with van der Waals surface area (Å²) < 4.78 is 45.9. The lowest BCUT2D eigenvalue weighted by Gasteiger charge is -2.14. The van der Waals surface area contributed by atoms with Crippen LogP contribution in [0.15, 0.2) is 102 Å². The van der Waals surface area contributed by atoms with Gasteiger partial charge < -0.3 is 9.84 Å². The molecule has 0 bridgehead atoms. The standard InChI is InChI=1S/C31H24ClF3O3S/c1-20-18-25(14-15-29(20)38-19-30(36)37)39-17-16-26(22-10-12-24(32)13-11-22)21-6-8-23(9-7-21)27-4-2-3-5-28(27)31(33,34)35/h2-16,18H,17,19H2,1H3,(H,36,37)/b26-16-. The van der Waals surface area contributed by atoms with E-state index in [4.69, 9.17) is 21.4 Å². The number of hydrogen-bond donors (Lipinski definition) is 1. The van der Waals surface area contributed by atoms with Crippen LogP contribution in [0.2, 0.25) is 5.02 Å². The first kappa shape index (κ1) is 28.3. The molecule has 0 radical (unpaired) electrons. The minimum atomic E-state index is -4.44. The average molecular weight is 569 g/mol. The number of alkyl halides is 3. The number of rotatable bonds is 9. The van der Waals surface area contributed by atoms with Gasteiger partial charge in [0.15, 0.2) is 6.61 Å². The van der Waals surface area contributed by atoms with Crippen molar-refractivity contribution < 1.29 is 27.8 Å². The largest absolute Gasteiger partial charge is 0.482 e. The molecule has 0 fully saturated rings. The van der Waals surface area contributed by atoms with Crippen molar-refractivity contribution in [3.63, 3.8) is 0 Å². The highest BCUT2D eigenvalue weighted by Crippen LogP contribution is 2.37. The number of carboxylic acids is 1. The first-order chi connectivity index (χ1) is 18.6. The highest BCUT2D eigenvalue weighted by atomic mass is 35.5. The maximum Gasteiger partial charge on any atom is 0.417 e. The maximum atomic E-state index is 13.5. The summed E-state index contributed by atoms with van der Waals surface area (Å²) in [7, 11) is 0. The summed E-state index contributed by atoms with van der Waals surface area (Å²) in [5, 5.41) is 9.42. The zero-order valence-electron chi connectivity index (χ0n) is 20.8. The van der Waals surface area contributed by atoms with Crippen molar-refractivity contribution in [1.29, 1.82) is 0 Å². The van der Waals surface area contributed by atoms with Crippen LogP contribution >= 0.6 is 23.4 Å². The van der Waals surface area contributed by atoms with Crippen LogP contribution in [0.1, 0.15) is 22.3 Å². The van der Waals surface area contributed by atoms with Crippen molar-refractivity contribution in [2.75, 3.05) is 12.4 Å². The Labute approximate surface area is 233 Å². The molecule has 0 aliphatic carbocycles. The predicted octanol–water partition coefficient (Wildman–Crippen LogP) is 9.02. The van der Waals surface area contributed by atoms with Crippen molar-refractivity contribution in [2.24, 2.45) is 0 Å². The van der Waals surface area contributed by atoms with E-state index in [9.17, 15) is 18.0 Å². The zero-order valence-corrected chi connectivity index (χ0v) is 22.4. The first-order valence-electron chi connectivity index (χ1n) is 11.9. The lowest BCUT2D eigenvalue weighted by Crippen LogP contribution is -2.09. The van der Waals surface area contributed by atoms with E-state index in [2.05, 4.69) is 6.08 Å². The molecule has 4 aromatic carbocycles. The molecule has 200 valence electrons. The number of carbonyl (C=O) groups is 1. The predicted molar refractivity (Wildman–Crippen MR) is 150 cm³/mol. The lowest BCUT2D eigenvalue weighted by atomic mass is 9.94. The van der Waals surface area contributed by atoms with Crippen LogP contribution < -0.4 is 4.74 Å². The zero-order chi connectivity index (χ0) is 28.0. The smallest absolute Gasteiger partial charge is 0.417 e. The fraction of sp³-hybridized carbons (Fsp3) is 0.129. The number of benzene rings is 4. The SMILES string of the molecule is Cc1cc(SC/C=C(\c2ccc(Cl)cc2)c2ccc(-c3ccccc3C(F)(F)F)cc2)ccc1OCC(=O)O. The molecular weight excluding hydrogens is 545 g/mol. The number of aryl methyl sites for hydroxylation is 1. The van der Waals surface area contributed by atoms with E-state index in [0.717, 1.165) is 33.2 Å². The van der Waals surface area contributed by atoms with Crippen molar-refractivity contribution in [3.8, 4) is 16.9 Å². The van der Waals surface area contributed by atoms with Crippen molar-refractivity contribution in [3.05, 3.63) is 124 Å². The van der Waals surface area contributed by atoms with Gasteiger partial charge in [-0.25, -0.2) is 4.79 Å². The molecule has 0 saturated carbocycles. The molecule has 39 heavy (non-hydrogen) atoms. The summed E-state index contributed by atoms with van der Waals surface area (Å²) >= 11 is 7.69. The fourth-order valence-electron chi connectivity index (χ4n) is 4.08. The normalized spacial score (nSPS) is 11.9. The Morgan fingerprint density at radius 3 is 2.21 bits per heavy atom. The molecule has 0 saturated heterocycles. The van der Waals surface area contributed by atoms with Crippen LogP contribution in [-0.4, -0.2) is 23.4 Å². The summed E-state index contributed by atoms with van der Waals surface area (Å²) in [6, 6.07) is 25.6. The van der Waals surface area contributed by atoms with Crippen LogP contribution in [0, 0.1) is 6.92 Å². The van der Waals surface area contributed by atoms with E-state index in [1.807, 2.05) is 43.3 Å². The Bertz CT molecular complexity index is 1480. The van der Waals surface area contributed by atoms with Crippen molar-refractivity contribution in [2.45, 2.75) is 18.0 Å². The van der Waals surface area contributed by atoms with Crippen molar-refractivity contribution in [1.82, 2.24) is 0 Å². The van der Waals surface area contributed by atoms with Gasteiger partial charge in [0, 0.05) is 15.7 Å². The summed E-state index contributed by atoms with van der Waals surface area (Å²) in [6.45, 7) is 1.45. The molecule has 0 spiro atoms. The monoisotopic (exact) mass is 568 g/mol. The summed E-state index contributed by atoms with van der Waals surface area (Å²) in [4.78, 5) is 11.8. The lowest BCUT2D eigenvalue weighted by molar-refractivity contribution is -0.139. The van der Waals surface area contributed by atoms with Crippen LogP contribution in [0.25, 0.3) is 16.7 Å². The number of ether oxygens (including phenoxy) is 1. The van der Waals surface area contributed by atoms with E-state index in [1.54, 1.807) is 48.2 Å². The van der Waals surface area contributed by atoms with Gasteiger partial charge in [-0.2, -0.15) is 13.2 Å². The van der Waals surface area contributed by atoms with Gasteiger partial charge in [0.1, 0.15) is 5.75 Å². The average Bonchev–Trinajstić information content (AvgIpc) is 2.91. The first-order valence-corrected chi connectivity index (χ1v) is 13.3. The Balaban J connectivity index is 1.59. The second kappa shape index (κ2) is 12.5. The topological polar surface area (TPSA) is 46.5 Å². The fourth-order valence-corrected chi connectivity index (χ4v) is 5.07. The van der Waals surface area contributed by atoms with Gasteiger partial charge in [-0.05, 0) is 76.7 Å². The molecule has 0 aliphatic heterocycles. The molecule has 4 aromatic rings. The van der Waals surface area contributed by atoms with Gasteiger partial charge in [-0.15, -0.1) is 11.8 Å².